The van der Waals surface area contributed by atoms with Crippen molar-refractivity contribution >= 4 is 6.09 Å². The number of hydrogen-bond acceptors (Lipinski definition) is 4. The van der Waals surface area contributed by atoms with Gasteiger partial charge >= 0.3 is 6.09 Å². The van der Waals surface area contributed by atoms with Gasteiger partial charge in [-0.2, -0.15) is 0 Å². The number of nitrogens with one attached hydrogen (secondary N) is 1. The fraction of sp³-hybridized carbons (Fsp3) is 0.278. The highest BCUT2D eigenvalue weighted by Crippen LogP contribution is 2.25. The first kappa shape index (κ1) is 19.7. The van der Waals surface area contributed by atoms with Gasteiger partial charge in [0.1, 0.15) is 24.6 Å². The second-order valence-electron chi connectivity index (χ2n) is 5.54. The lowest BCUT2D eigenvalue weighted by molar-refractivity contribution is 0.0181. The van der Waals surface area contributed by atoms with E-state index >= 15 is 0 Å². The van der Waals surface area contributed by atoms with Crippen molar-refractivity contribution in [1.82, 2.24) is 5.32 Å². The van der Waals surface area contributed by atoms with Gasteiger partial charge in [-0.25, -0.2) is 18.0 Å². The summed E-state index contributed by atoms with van der Waals surface area (Å²) in [5, 5.41) is 22.1. The molecule has 2 unspecified atom stereocenters. The molecule has 0 fully saturated rings. The summed E-state index contributed by atoms with van der Waals surface area (Å²) >= 11 is 0. The summed E-state index contributed by atoms with van der Waals surface area (Å²) in [7, 11) is 0. The highest BCUT2D eigenvalue weighted by molar-refractivity contribution is 5.67. The molecule has 2 aromatic carbocycles. The fourth-order valence-electron chi connectivity index (χ4n) is 2.20. The number of carbonyl (C=O) groups excluding carboxylic acids is 1. The number of rotatable bonds is 7. The SMILES string of the molecule is O=C(NCC(O)C(O)c1ccc(C(F)F)c(F)c1)OCc1ccccc1. The normalized spacial score (nSPS) is 13.3. The lowest BCUT2D eigenvalue weighted by Gasteiger charge is -2.19. The molecule has 0 radical (unpaired) electrons. The Morgan fingerprint density at radius 2 is 1.81 bits per heavy atom. The number of alkyl halides is 2. The Labute approximate surface area is 148 Å². The van der Waals surface area contributed by atoms with E-state index < -0.39 is 36.1 Å². The molecule has 0 saturated carbocycles. The Bertz CT molecular complexity index is 728. The van der Waals surface area contributed by atoms with Crippen molar-refractivity contribution in [2.45, 2.75) is 25.2 Å². The molecule has 0 aliphatic carbocycles. The quantitative estimate of drug-likeness (QED) is 0.701. The van der Waals surface area contributed by atoms with E-state index in [1.807, 2.05) is 6.07 Å². The molecule has 0 heterocycles. The topological polar surface area (TPSA) is 78.8 Å². The molecule has 0 saturated heterocycles. The molecule has 8 heteroatoms. The summed E-state index contributed by atoms with van der Waals surface area (Å²) in [6, 6.07) is 11.6. The van der Waals surface area contributed by atoms with E-state index in [-0.39, 0.29) is 18.7 Å². The minimum Gasteiger partial charge on any atom is -0.445 e. The zero-order valence-electron chi connectivity index (χ0n) is 13.6. The molecule has 0 spiro atoms. The van der Waals surface area contributed by atoms with E-state index in [1.165, 1.54) is 0 Å². The fourth-order valence-corrected chi connectivity index (χ4v) is 2.20. The molecule has 0 bridgehead atoms. The maximum Gasteiger partial charge on any atom is 0.407 e. The van der Waals surface area contributed by atoms with Gasteiger partial charge in [-0.1, -0.05) is 42.5 Å². The minimum absolute atomic E-state index is 0.0334. The van der Waals surface area contributed by atoms with Crippen molar-refractivity contribution in [2.24, 2.45) is 0 Å². The van der Waals surface area contributed by atoms with E-state index in [0.717, 1.165) is 23.8 Å². The van der Waals surface area contributed by atoms with Crippen LogP contribution in [0.2, 0.25) is 0 Å². The maximum absolute atomic E-state index is 13.5. The predicted octanol–water partition coefficient (Wildman–Crippen LogP) is 3.08. The number of hydrogen-bond donors (Lipinski definition) is 3. The van der Waals surface area contributed by atoms with Crippen LogP contribution in [0.25, 0.3) is 0 Å². The van der Waals surface area contributed by atoms with Crippen molar-refractivity contribution in [3.63, 3.8) is 0 Å². The van der Waals surface area contributed by atoms with Crippen LogP contribution >= 0.6 is 0 Å². The van der Waals surface area contributed by atoms with Gasteiger partial charge in [0.25, 0.3) is 6.43 Å². The monoisotopic (exact) mass is 369 g/mol. The molecule has 0 aliphatic rings. The van der Waals surface area contributed by atoms with Gasteiger partial charge in [-0.05, 0) is 17.2 Å². The van der Waals surface area contributed by atoms with Gasteiger partial charge in [-0.15, -0.1) is 0 Å². The van der Waals surface area contributed by atoms with Crippen LogP contribution in [0.5, 0.6) is 0 Å². The van der Waals surface area contributed by atoms with Gasteiger partial charge in [0, 0.05) is 6.54 Å². The third-order valence-corrected chi connectivity index (χ3v) is 3.63. The van der Waals surface area contributed by atoms with Crippen molar-refractivity contribution in [3.8, 4) is 0 Å². The van der Waals surface area contributed by atoms with Gasteiger partial charge in [-0.3, -0.25) is 0 Å². The Morgan fingerprint density at radius 1 is 1.12 bits per heavy atom. The Kier molecular flexibility index (Phi) is 6.99. The highest BCUT2D eigenvalue weighted by Gasteiger charge is 2.22. The molecule has 26 heavy (non-hydrogen) atoms. The van der Waals surface area contributed by atoms with Crippen LogP contribution in [0.4, 0.5) is 18.0 Å². The molecule has 2 aromatic rings. The Morgan fingerprint density at radius 3 is 2.42 bits per heavy atom. The minimum atomic E-state index is -2.98. The zero-order chi connectivity index (χ0) is 19.1. The van der Waals surface area contributed by atoms with Crippen molar-refractivity contribution in [1.29, 1.82) is 0 Å². The van der Waals surface area contributed by atoms with Crippen LogP contribution in [-0.4, -0.2) is 29.0 Å². The summed E-state index contributed by atoms with van der Waals surface area (Å²) in [4.78, 5) is 11.6. The Balaban J connectivity index is 1.84. The molecule has 1 amide bonds. The lowest BCUT2D eigenvalue weighted by atomic mass is 10.0. The van der Waals surface area contributed by atoms with E-state index in [9.17, 15) is 28.2 Å². The summed E-state index contributed by atoms with van der Waals surface area (Å²) in [5.41, 5.74) is -0.102. The maximum atomic E-state index is 13.5. The van der Waals surface area contributed by atoms with Crippen molar-refractivity contribution in [2.75, 3.05) is 6.54 Å². The smallest absolute Gasteiger partial charge is 0.407 e. The van der Waals surface area contributed by atoms with Gasteiger partial charge in [0.2, 0.25) is 0 Å². The third-order valence-electron chi connectivity index (χ3n) is 3.63. The van der Waals surface area contributed by atoms with E-state index in [0.29, 0.717) is 0 Å². The van der Waals surface area contributed by atoms with Gasteiger partial charge in [0.15, 0.2) is 0 Å². The largest absolute Gasteiger partial charge is 0.445 e. The van der Waals surface area contributed by atoms with Crippen LogP contribution in [0.15, 0.2) is 48.5 Å². The standard InChI is InChI=1S/C18H18F3NO4/c19-14-8-12(6-7-13(14)17(20)21)16(24)15(23)9-22-18(25)26-10-11-4-2-1-3-5-11/h1-8,15-17,23-24H,9-10H2,(H,22,25). The molecule has 3 N–H and O–H groups in total. The van der Waals surface area contributed by atoms with E-state index in [4.69, 9.17) is 4.74 Å². The zero-order valence-corrected chi connectivity index (χ0v) is 13.6. The lowest BCUT2D eigenvalue weighted by Crippen LogP contribution is -2.35. The van der Waals surface area contributed by atoms with Crippen LogP contribution in [-0.2, 0) is 11.3 Å². The number of halogens is 3. The number of aliphatic hydroxyl groups is 2. The number of ether oxygens (including phenoxy) is 1. The molecule has 140 valence electrons. The molecule has 5 nitrogen and oxygen atoms in total. The summed E-state index contributed by atoms with van der Waals surface area (Å²) in [6.07, 6.45) is -6.83. The van der Waals surface area contributed by atoms with Crippen LogP contribution in [0.1, 0.15) is 29.2 Å². The summed E-state index contributed by atoms with van der Waals surface area (Å²) in [6.45, 7) is -0.335. The first-order valence-electron chi connectivity index (χ1n) is 7.76. The van der Waals surface area contributed by atoms with Crippen molar-refractivity contribution in [3.05, 3.63) is 71.0 Å². The van der Waals surface area contributed by atoms with Crippen LogP contribution < -0.4 is 5.32 Å². The van der Waals surface area contributed by atoms with E-state index in [1.54, 1.807) is 24.3 Å². The number of carbonyl (C=O) groups is 1. The number of amides is 1. The molecule has 2 atom stereocenters. The number of aliphatic hydroxyl groups excluding tert-OH is 2. The third kappa shape index (κ3) is 5.47. The van der Waals surface area contributed by atoms with E-state index in [2.05, 4.69) is 5.32 Å². The van der Waals surface area contributed by atoms with Crippen molar-refractivity contribution < 1.29 is 32.9 Å². The highest BCUT2D eigenvalue weighted by atomic mass is 19.3. The second-order valence-corrected chi connectivity index (χ2v) is 5.54. The molecule has 0 aliphatic heterocycles. The first-order valence-corrected chi connectivity index (χ1v) is 7.76. The molecule has 2 rings (SSSR count). The van der Waals surface area contributed by atoms with Gasteiger partial charge in [0.05, 0.1) is 5.56 Å². The molecular weight excluding hydrogens is 351 g/mol. The average Bonchev–Trinajstić information content (AvgIpc) is 2.64. The number of alkyl carbamates (subject to hydrolysis) is 1. The average molecular weight is 369 g/mol. The Hall–Kier alpha value is -2.58. The van der Waals surface area contributed by atoms with Crippen LogP contribution in [0.3, 0.4) is 0 Å². The van der Waals surface area contributed by atoms with Crippen LogP contribution in [0, 0.1) is 5.82 Å². The predicted molar refractivity (Wildman–Crippen MR) is 87.0 cm³/mol. The van der Waals surface area contributed by atoms with Gasteiger partial charge < -0.3 is 20.3 Å². The second kappa shape index (κ2) is 9.21. The molecular formula is C18H18F3NO4. The summed E-state index contributed by atoms with van der Waals surface area (Å²) < 4.78 is 43.5. The molecule has 0 aromatic heterocycles. The first-order chi connectivity index (χ1) is 12.4. The number of benzene rings is 2. The summed E-state index contributed by atoms with van der Waals surface area (Å²) in [5.74, 6) is -1.18.